The summed E-state index contributed by atoms with van der Waals surface area (Å²) in [5, 5.41) is 23.5. The van der Waals surface area contributed by atoms with Gasteiger partial charge >= 0.3 is 6.03 Å². The van der Waals surface area contributed by atoms with Crippen LogP contribution in [0.2, 0.25) is 0 Å². The maximum atomic E-state index is 11.9. The lowest BCUT2D eigenvalue weighted by atomic mass is 9.98. The first-order chi connectivity index (χ1) is 11.1. The van der Waals surface area contributed by atoms with Crippen LogP contribution in [-0.4, -0.2) is 38.0 Å². The molecule has 0 aliphatic carbocycles. The molecular weight excluding hydrogens is 294 g/mol. The van der Waals surface area contributed by atoms with Gasteiger partial charge in [0.05, 0.1) is 12.1 Å². The number of carbonyl (C=O) groups excluding carboxylic acids is 1. The molecular formula is C16H23N5O2. The molecule has 0 radical (unpaired) electrons. The number of nitrogens with zero attached hydrogens (tertiary/aromatic N) is 3. The Balaban J connectivity index is 1.90. The van der Waals surface area contributed by atoms with Crippen LogP contribution in [0.4, 0.5) is 4.79 Å². The Morgan fingerprint density at radius 1 is 1.22 bits per heavy atom. The maximum Gasteiger partial charge on any atom is 0.315 e. The first kappa shape index (κ1) is 17.0. The van der Waals surface area contributed by atoms with Gasteiger partial charge in [-0.1, -0.05) is 32.0 Å². The van der Waals surface area contributed by atoms with Gasteiger partial charge in [0, 0.05) is 12.2 Å². The molecule has 0 aliphatic heterocycles. The maximum absolute atomic E-state index is 11.9. The van der Waals surface area contributed by atoms with Crippen molar-refractivity contribution in [2.24, 2.45) is 0 Å². The summed E-state index contributed by atoms with van der Waals surface area (Å²) in [6.45, 7) is 4.26. The van der Waals surface area contributed by atoms with Crippen LogP contribution >= 0.6 is 0 Å². The highest BCUT2D eigenvalue weighted by Crippen LogP contribution is 2.12. The van der Waals surface area contributed by atoms with E-state index < -0.39 is 5.60 Å². The van der Waals surface area contributed by atoms with Crippen molar-refractivity contribution in [3.63, 3.8) is 0 Å². The van der Waals surface area contributed by atoms with Crippen LogP contribution in [0.3, 0.4) is 0 Å². The van der Waals surface area contributed by atoms with Crippen molar-refractivity contribution < 1.29 is 9.90 Å². The molecule has 7 nitrogen and oxygen atoms in total. The SMILES string of the molecule is CCC(O)(CC)CNC(=O)NCc1nncn1-c1ccccc1. The molecule has 0 atom stereocenters. The summed E-state index contributed by atoms with van der Waals surface area (Å²) in [7, 11) is 0. The molecule has 7 heteroatoms. The van der Waals surface area contributed by atoms with Gasteiger partial charge in [-0.05, 0) is 25.0 Å². The third-order valence-electron chi connectivity index (χ3n) is 3.95. The Kier molecular flexibility index (Phi) is 5.70. The number of hydrogen-bond acceptors (Lipinski definition) is 4. The minimum Gasteiger partial charge on any atom is -0.388 e. The second-order valence-electron chi connectivity index (χ2n) is 5.42. The van der Waals surface area contributed by atoms with E-state index in [9.17, 15) is 9.90 Å². The monoisotopic (exact) mass is 317 g/mol. The van der Waals surface area contributed by atoms with Gasteiger partial charge in [-0.15, -0.1) is 10.2 Å². The molecule has 0 saturated heterocycles. The van der Waals surface area contributed by atoms with Crippen LogP contribution in [0, 0.1) is 0 Å². The molecule has 2 aromatic rings. The van der Waals surface area contributed by atoms with Crippen LogP contribution in [0.1, 0.15) is 32.5 Å². The number of benzene rings is 1. The van der Waals surface area contributed by atoms with Crippen LogP contribution in [0.5, 0.6) is 0 Å². The van der Waals surface area contributed by atoms with Gasteiger partial charge < -0.3 is 15.7 Å². The molecule has 0 saturated carbocycles. The summed E-state index contributed by atoms with van der Waals surface area (Å²) in [6, 6.07) is 9.32. The highest BCUT2D eigenvalue weighted by atomic mass is 16.3. The zero-order valence-corrected chi connectivity index (χ0v) is 13.5. The van der Waals surface area contributed by atoms with Gasteiger partial charge in [0.2, 0.25) is 0 Å². The fourth-order valence-corrected chi connectivity index (χ4v) is 2.15. The zero-order chi connectivity index (χ0) is 16.7. The van der Waals surface area contributed by atoms with E-state index in [2.05, 4.69) is 20.8 Å². The number of rotatable bonds is 7. The number of carbonyl (C=O) groups is 1. The molecule has 124 valence electrons. The lowest BCUT2D eigenvalue weighted by molar-refractivity contribution is 0.0349. The van der Waals surface area contributed by atoms with Gasteiger partial charge in [-0.3, -0.25) is 4.57 Å². The molecule has 0 bridgehead atoms. The van der Waals surface area contributed by atoms with Gasteiger partial charge in [-0.25, -0.2) is 4.79 Å². The average molecular weight is 317 g/mol. The normalized spacial score (nSPS) is 11.3. The standard InChI is InChI=1S/C16H23N5O2/c1-3-16(23,4-2)11-18-15(22)17-10-14-20-19-12-21(14)13-8-6-5-7-9-13/h5-9,12,23H,3-4,10-11H2,1-2H3,(H2,17,18,22). The fraction of sp³-hybridized carbons (Fsp3) is 0.438. The van der Waals surface area contributed by atoms with Gasteiger partial charge in [0.1, 0.15) is 6.33 Å². The summed E-state index contributed by atoms with van der Waals surface area (Å²) in [5.74, 6) is 0.632. The van der Waals surface area contributed by atoms with E-state index in [-0.39, 0.29) is 19.1 Å². The average Bonchev–Trinajstić information content (AvgIpc) is 3.07. The second kappa shape index (κ2) is 7.73. The van der Waals surface area contributed by atoms with Gasteiger partial charge in [0.25, 0.3) is 0 Å². The number of urea groups is 1. The first-order valence-corrected chi connectivity index (χ1v) is 7.76. The van der Waals surface area contributed by atoms with Crippen molar-refractivity contribution in [1.82, 2.24) is 25.4 Å². The minimum absolute atomic E-state index is 0.219. The Morgan fingerprint density at radius 3 is 2.57 bits per heavy atom. The Labute approximate surface area is 135 Å². The van der Waals surface area contributed by atoms with Crippen molar-refractivity contribution in [1.29, 1.82) is 0 Å². The van der Waals surface area contributed by atoms with Crippen molar-refractivity contribution in [3.8, 4) is 5.69 Å². The van der Waals surface area contributed by atoms with Crippen molar-refractivity contribution in [2.75, 3.05) is 6.54 Å². The third kappa shape index (κ3) is 4.53. The lowest BCUT2D eigenvalue weighted by Crippen LogP contribution is -2.45. The van der Waals surface area contributed by atoms with Crippen LogP contribution < -0.4 is 10.6 Å². The summed E-state index contributed by atoms with van der Waals surface area (Å²) >= 11 is 0. The predicted octanol–water partition coefficient (Wildman–Crippen LogP) is 1.62. The molecule has 3 N–H and O–H groups in total. The third-order valence-corrected chi connectivity index (χ3v) is 3.95. The van der Waals surface area contributed by atoms with Crippen LogP contribution in [0.15, 0.2) is 36.7 Å². The number of nitrogens with one attached hydrogen (secondary N) is 2. The Hall–Kier alpha value is -2.41. The van der Waals surface area contributed by atoms with Crippen molar-refractivity contribution >= 4 is 6.03 Å². The lowest BCUT2D eigenvalue weighted by Gasteiger charge is -2.25. The summed E-state index contributed by atoms with van der Waals surface area (Å²) in [4.78, 5) is 11.9. The highest BCUT2D eigenvalue weighted by Gasteiger charge is 2.22. The van der Waals surface area contributed by atoms with Crippen molar-refractivity contribution in [3.05, 3.63) is 42.5 Å². The number of aliphatic hydroxyl groups is 1. The number of hydrogen-bond donors (Lipinski definition) is 3. The quantitative estimate of drug-likeness (QED) is 0.723. The Bertz CT molecular complexity index is 622. The summed E-state index contributed by atoms with van der Waals surface area (Å²) < 4.78 is 1.81. The van der Waals surface area contributed by atoms with Gasteiger partial charge in [-0.2, -0.15) is 0 Å². The van der Waals surface area contributed by atoms with Gasteiger partial charge in [0.15, 0.2) is 5.82 Å². The van der Waals surface area contributed by atoms with Crippen LogP contribution in [-0.2, 0) is 6.54 Å². The smallest absolute Gasteiger partial charge is 0.315 e. The molecule has 2 rings (SSSR count). The number of amides is 2. The largest absolute Gasteiger partial charge is 0.388 e. The molecule has 1 aromatic carbocycles. The zero-order valence-electron chi connectivity index (χ0n) is 13.5. The summed E-state index contributed by atoms with van der Waals surface area (Å²) in [6.07, 6.45) is 2.79. The van der Waals surface area contributed by atoms with E-state index in [1.165, 1.54) is 0 Å². The molecule has 23 heavy (non-hydrogen) atoms. The van der Waals surface area contributed by atoms with E-state index in [1.54, 1.807) is 6.33 Å². The summed E-state index contributed by atoms with van der Waals surface area (Å²) in [5.41, 5.74) is 0.0718. The van der Waals surface area contributed by atoms with E-state index >= 15 is 0 Å². The van der Waals surface area contributed by atoms with E-state index in [0.29, 0.717) is 18.7 Å². The number of para-hydroxylation sites is 1. The fourth-order valence-electron chi connectivity index (χ4n) is 2.15. The molecule has 1 heterocycles. The topological polar surface area (TPSA) is 92.1 Å². The molecule has 0 aliphatic rings. The second-order valence-corrected chi connectivity index (χ2v) is 5.42. The number of aromatic nitrogens is 3. The predicted molar refractivity (Wildman–Crippen MR) is 87.1 cm³/mol. The molecule has 1 aromatic heterocycles. The Morgan fingerprint density at radius 2 is 1.91 bits per heavy atom. The minimum atomic E-state index is -0.860. The molecule has 0 fully saturated rings. The first-order valence-electron chi connectivity index (χ1n) is 7.76. The molecule has 2 amide bonds. The van der Waals surface area contributed by atoms with E-state index in [1.807, 2.05) is 48.7 Å². The van der Waals surface area contributed by atoms with Crippen LogP contribution in [0.25, 0.3) is 5.69 Å². The molecule has 0 unspecified atom stereocenters. The highest BCUT2D eigenvalue weighted by molar-refractivity contribution is 5.73. The van der Waals surface area contributed by atoms with E-state index in [4.69, 9.17) is 0 Å². The molecule has 0 spiro atoms. The van der Waals surface area contributed by atoms with Crippen molar-refractivity contribution in [2.45, 2.75) is 38.8 Å². The van der Waals surface area contributed by atoms with E-state index in [0.717, 1.165) is 5.69 Å².